The zero-order valence-corrected chi connectivity index (χ0v) is 21.6. The van der Waals surface area contributed by atoms with E-state index in [2.05, 4.69) is 39.2 Å². The Hall–Kier alpha value is -1.81. The van der Waals surface area contributed by atoms with E-state index in [0.29, 0.717) is 19.0 Å². The van der Waals surface area contributed by atoms with Crippen molar-refractivity contribution in [1.82, 2.24) is 20.4 Å². The summed E-state index contributed by atoms with van der Waals surface area (Å²) in [6, 6.07) is 8.51. The number of carbonyl (C=O) groups excluding carboxylic acids is 1. The molecule has 0 radical (unpaired) electrons. The fraction of sp³-hybridized carbons (Fsp3) is 0.565. The standard InChI is InChI=1S/C23H37N5O2.HI/c1-18(2)15-24-23(26-17-22(29)27(3)4)25-16-21(28-13-7-6-8-14-28)19-9-11-20(30-5)12-10-19;/h9-12,21H,1,6-8,13-17H2,2-5H3,(H2,24,25,26);1H. The van der Waals surface area contributed by atoms with Gasteiger partial charge in [0, 0.05) is 27.2 Å². The second kappa shape index (κ2) is 14.3. The number of hydrogen-bond donors (Lipinski definition) is 2. The van der Waals surface area contributed by atoms with Gasteiger partial charge >= 0.3 is 0 Å². The van der Waals surface area contributed by atoms with Crippen molar-refractivity contribution in [2.75, 3.05) is 53.9 Å². The number of hydrogen-bond acceptors (Lipinski definition) is 4. The molecule has 2 rings (SSSR count). The molecular formula is C23H38IN5O2. The SMILES string of the molecule is C=C(C)CNC(=NCC(=O)N(C)C)NCC(c1ccc(OC)cc1)N1CCCCC1.I. The van der Waals surface area contributed by atoms with E-state index in [-0.39, 0.29) is 42.5 Å². The van der Waals surface area contributed by atoms with Crippen molar-refractivity contribution in [3.05, 3.63) is 42.0 Å². The Morgan fingerprint density at radius 3 is 2.39 bits per heavy atom. The van der Waals surface area contributed by atoms with Crippen molar-refractivity contribution in [2.24, 2.45) is 4.99 Å². The first-order valence-electron chi connectivity index (χ1n) is 10.7. The van der Waals surface area contributed by atoms with Gasteiger partial charge in [-0.25, -0.2) is 4.99 Å². The number of nitrogens with zero attached hydrogens (tertiary/aromatic N) is 3. The van der Waals surface area contributed by atoms with E-state index in [4.69, 9.17) is 4.74 Å². The molecule has 2 N–H and O–H groups in total. The number of guanidine groups is 1. The Bertz CT molecular complexity index is 715. The molecule has 1 saturated heterocycles. The number of likely N-dealkylation sites (tertiary alicyclic amines) is 1. The number of piperidine rings is 1. The summed E-state index contributed by atoms with van der Waals surface area (Å²) in [5, 5.41) is 6.72. The highest BCUT2D eigenvalue weighted by atomic mass is 127. The molecule has 0 spiro atoms. The van der Waals surface area contributed by atoms with Gasteiger partial charge in [-0.1, -0.05) is 30.7 Å². The lowest BCUT2D eigenvalue weighted by atomic mass is 10.0. The van der Waals surface area contributed by atoms with E-state index in [1.54, 1.807) is 26.1 Å². The van der Waals surface area contributed by atoms with Gasteiger partial charge in [0.1, 0.15) is 12.3 Å². The molecule has 1 atom stereocenters. The molecule has 1 aliphatic rings. The number of rotatable bonds is 9. The average Bonchev–Trinajstić information content (AvgIpc) is 2.75. The summed E-state index contributed by atoms with van der Waals surface area (Å²) >= 11 is 0. The summed E-state index contributed by atoms with van der Waals surface area (Å²) in [7, 11) is 5.16. The maximum atomic E-state index is 12.0. The lowest BCUT2D eigenvalue weighted by molar-refractivity contribution is -0.127. The van der Waals surface area contributed by atoms with Crippen LogP contribution in [0.2, 0.25) is 0 Å². The molecule has 1 heterocycles. The Morgan fingerprint density at radius 2 is 1.84 bits per heavy atom. The first kappa shape index (κ1) is 27.2. The number of carbonyl (C=O) groups is 1. The summed E-state index contributed by atoms with van der Waals surface area (Å²) in [4.78, 5) is 20.5. The van der Waals surface area contributed by atoms with Crippen LogP contribution in [0.5, 0.6) is 5.75 Å². The highest BCUT2D eigenvalue weighted by Gasteiger charge is 2.22. The normalized spacial score (nSPS) is 15.4. The number of aliphatic imine (C=N–C) groups is 1. The van der Waals surface area contributed by atoms with Crippen LogP contribution in [0.25, 0.3) is 0 Å². The number of halogens is 1. The third-order valence-corrected chi connectivity index (χ3v) is 5.22. The predicted octanol–water partition coefficient (Wildman–Crippen LogP) is 3.04. The van der Waals surface area contributed by atoms with Crippen molar-refractivity contribution < 1.29 is 9.53 Å². The van der Waals surface area contributed by atoms with Gasteiger partial charge in [-0.05, 0) is 50.6 Å². The van der Waals surface area contributed by atoms with Gasteiger partial charge in [-0.15, -0.1) is 24.0 Å². The van der Waals surface area contributed by atoms with Crippen molar-refractivity contribution >= 4 is 35.8 Å². The maximum absolute atomic E-state index is 12.0. The number of ether oxygens (including phenoxy) is 1. The molecule has 1 aromatic carbocycles. The van der Waals surface area contributed by atoms with E-state index in [9.17, 15) is 4.79 Å². The molecule has 0 aliphatic carbocycles. The van der Waals surface area contributed by atoms with Crippen molar-refractivity contribution in [2.45, 2.75) is 32.2 Å². The van der Waals surface area contributed by atoms with Gasteiger partial charge < -0.3 is 20.3 Å². The van der Waals surface area contributed by atoms with Crippen LogP contribution in [-0.4, -0.2) is 75.6 Å². The van der Waals surface area contributed by atoms with Crippen LogP contribution in [0.1, 0.15) is 37.8 Å². The van der Waals surface area contributed by atoms with Gasteiger partial charge in [0.15, 0.2) is 5.96 Å². The Balaban J connectivity index is 0.00000480. The van der Waals surface area contributed by atoms with Crippen molar-refractivity contribution in [3.8, 4) is 5.75 Å². The highest BCUT2D eigenvalue weighted by molar-refractivity contribution is 14.0. The van der Waals surface area contributed by atoms with Gasteiger partial charge in [-0.2, -0.15) is 0 Å². The lowest BCUT2D eigenvalue weighted by Gasteiger charge is -2.35. The van der Waals surface area contributed by atoms with Gasteiger partial charge in [0.25, 0.3) is 0 Å². The molecule has 0 bridgehead atoms. The molecule has 8 heteroatoms. The van der Waals surface area contributed by atoms with Gasteiger partial charge in [0.05, 0.1) is 13.2 Å². The number of likely N-dealkylation sites (N-methyl/N-ethyl adjacent to an activating group) is 1. The van der Waals surface area contributed by atoms with Crippen LogP contribution in [0, 0.1) is 0 Å². The lowest BCUT2D eigenvalue weighted by Crippen LogP contribution is -2.45. The second-order valence-electron chi connectivity index (χ2n) is 8.03. The molecular weight excluding hydrogens is 505 g/mol. The van der Waals surface area contributed by atoms with Crippen LogP contribution in [0.4, 0.5) is 0 Å². The molecule has 31 heavy (non-hydrogen) atoms. The minimum Gasteiger partial charge on any atom is -0.497 e. The first-order valence-corrected chi connectivity index (χ1v) is 10.7. The molecule has 1 fully saturated rings. The zero-order chi connectivity index (χ0) is 21.9. The van der Waals surface area contributed by atoms with Crippen LogP contribution < -0.4 is 15.4 Å². The van der Waals surface area contributed by atoms with E-state index < -0.39 is 0 Å². The minimum absolute atomic E-state index is 0. The summed E-state index contributed by atoms with van der Waals surface area (Å²) in [5.41, 5.74) is 2.25. The Kier molecular flexibility index (Phi) is 12.5. The second-order valence-corrected chi connectivity index (χ2v) is 8.03. The van der Waals surface area contributed by atoms with E-state index in [0.717, 1.165) is 24.4 Å². The van der Waals surface area contributed by atoms with E-state index in [1.165, 1.54) is 24.8 Å². The quantitative estimate of drug-likeness (QED) is 0.217. The largest absolute Gasteiger partial charge is 0.497 e. The average molecular weight is 543 g/mol. The molecule has 1 aliphatic heterocycles. The highest BCUT2D eigenvalue weighted by Crippen LogP contribution is 2.25. The number of amides is 1. The Morgan fingerprint density at radius 1 is 1.19 bits per heavy atom. The monoisotopic (exact) mass is 543 g/mol. The fourth-order valence-corrected chi connectivity index (χ4v) is 3.40. The van der Waals surface area contributed by atoms with Crippen LogP contribution >= 0.6 is 24.0 Å². The molecule has 0 aromatic heterocycles. The van der Waals surface area contributed by atoms with Crippen molar-refractivity contribution in [3.63, 3.8) is 0 Å². The fourth-order valence-electron chi connectivity index (χ4n) is 3.40. The number of methoxy groups -OCH3 is 1. The van der Waals surface area contributed by atoms with Crippen LogP contribution in [0.3, 0.4) is 0 Å². The Labute approximate surface area is 204 Å². The van der Waals surface area contributed by atoms with Gasteiger partial charge in [0.2, 0.25) is 5.91 Å². The van der Waals surface area contributed by atoms with Gasteiger partial charge in [-0.3, -0.25) is 9.69 Å². The molecule has 1 amide bonds. The third kappa shape index (κ3) is 9.47. The predicted molar refractivity (Wildman–Crippen MR) is 138 cm³/mol. The molecule has 1 unspecified atom stereocenters. The molecule has 1 aromatic rings. The minimum atomic E-state index is -0.0332. The molecule has 0 saturated carbocycles. The summed E-state index contributed by atoms with van der Waals surface area (Å²) in [5.74, 6) is 1.45. The van der Waals surface area contributed by atoms with Crippen LogP contribution in [0.15, 0.2) is 41.4 Å². The molecule has 7 nitrogen and oxygen atoms in total. The number of nitrogens with one attached hydrogen (secondary N) is 2. The van der Waals surface area contributed by atoms with Crippen molar-refractivity contribution in [1.29, 1.82) is 0 Å². The summed E-state index contributed by atoms with van der Waals surface area (Å²) in [6.45, 7) is 9.49. The molecule has 174 valence electrons. The smallest absolute Gasteiger partial charge is 0.243 e. The summed E-state index contributed by atoms with van der Waals surface area (Å²) < 4.78 is 5.32. The topological polar surface area (TPSA) is 69.2 Å². The zero-order valence-electron chi connectivity index (χ0n) is 19.3. The summed E-state index contributed by atoms with van der Waals surface area (Å²) in [6.07, 6.45) is 3.73. The van der Waals surface area contributed by atoms with E-state index >= 15 is 0 Å². The van der Waals surface area contributed by atoms with Crippen LogP contribution in [-0.2, 0) is 4.79 Å². The third-order valence-electron chi connectivity index (χ3n) is 5.22. The number of benzene rings is 1. The first-order chi connectivity index (χ1) is 14.4. The maximum Gasteiger partial charge on any atom is 0.243 e. The van der Waals surface area contributed by atoms with E-state index in [1.807, 2.05) is 19.1 Å².